The minimum Gasteiger partial charge on any atom is -0.365 e. The number of carbonyl (C=O) groups excluding carboxylic acids is 1. The van der Waals surface area contributed by atoms with Crippen LogP contribution in [0, 0.1) is 6.92 Å². The van der Waals surface area contributed by atoms with E-state index in [1.807, 2.05) is 19.2 Å². The molecule has 5 nitrogen and oxygen atoms in total. The van der Waals surface area contributed by atoms with Crippen LogP contribution in [-0.2, 0) is 6.54 Å². The molecule has 2 N–H and O–H groups in total. The van der Waals surface area contributed by atoms with Gasteiger partial charge in [0, 0.05) is 18.1 Å². The molecule has 2 aromatic heterocycles. The van der Waals surface area contributed by atoms with Gasteiger partial charge in [-0.2, -0.15) is 5.10 Å². The lowest BCUT2D eigenvalue weighted by Crippen LogP contribution is -2.23. The van der Waals surface area contributed by atoms with Crippen molar-refractivity contribution in [2.24, 2.45) is 0 Å². The quantitative estimate of drug-likeness (QED) is 0.898. The van der Waals surface area contributed by atoms with E-state index in [-0.39, 0.29) is 5.91 Å². The second-order valence-electron chi connectivity index (χ2n) is 5.42. The molecule has 3 rings (SSSR count). The highest BCUT2D eigenvalue weighted by molar-refractivity contribution is 5.95. The lowest BCUT2D eigenvalue weighted by atomic mass is 10.2. The Labute approximate surface area is 118 Å². The van der Waals surface area contributed by atoms with Gasteiger partial charge < -0.3 is 10.3 Å². The highest BCUT2D eigenvalue weighted by Crippen LogP contribution is 2.28. The van der Waals surface area contributed by atoms with Crippen molar-refractivity contribution in [2.75, 3.05) is 0 Å². The Bertz CT molecular complexity index is 593. The van der Waals surface area contributed by atoms with E-state index in [0.29, 0.717) is 18.2 Å². The Balaban J connectivity index is 1.58. The van der Waals surface area contributed by atoms with Crippen LogP contribution in [0.3, 0.4) is 0 Å². The van der Waals surface area contributed by atoms with Gasteiger partial charge in [0.1, 0.15) is 0 Å². The fraction of sp³-hybridized carbons (Fsp3) is 0.467. The van der Waals surface area contributed by atoms with Crippen LogP contribution in [0.4, 0.5) is 0 Å². The van der Waals surface area contributed by atoms with E-state index in [1.165, 1.54) is 25.7 Å². The summed E-state index contributed by atoms with van der Waals surface area (Å²) in [6, 6.07) is 4.33. The molecule has 0 bridgehead atoms. The van der Waals surface area contributed by atoms with Crippen LogP contribution in [0.25, 0.3) is 0 Å². The number of carbonyl (C=O) groups is 1. The topological polar surface area (TPSA) is 62.7 Å². The van der Waals surface area contributed by atoms with Gasteiger partial charge in [-0.15, -0.1) is 0 Å². The molecule has 2 aromatic rings. The predicted octanol–water partition coefficient (Wildman–Crippen LogP) is 2.56. The van der Waals surface area contributed by atoms with Crippen molar-refractivity contribution in [3.63, 3.8) is 0 Å². The van der Waals surface area contributed by atoms with Gasteiger partial charge >= 0.3 is 0 Å². The van der Waals surface area contributed by atoms with Crippen LogP contribution in [0.15, 0.2) is 24.5 Å². The summed E-state index contributed by atoms with van der Waals surface area (Å²) in [7, 11) is 0. The molecule has 1 fully saturated rings. The molecule has 106 valence electrons. The minimum atomic E-state index is -0.0563. The molecule has 0 saturated heterocycles. The summed E-state index contributed by atoms with van der Waals surface area (Å²) in [6.45, 7) is 2.37. The molecule has 0 unspecified atom stereocenters. The molecule has 1 amide bonds. The van der Waals surface area contributed by atoms with Gasteiger partial charge in [-0.1, -0.05) is 12.8 Å². The van der Waals surface area contributed by atoms with Crippen LogP contribution >= 0.6 is 0 Å². The number of aryl methyl sites for hydroxylation is 1. The summed E-state index contributed by atoms with van der Waals surface area (Å²) in [6.07, 6.45) is 8.83. The maximum atomic E-state index is 12.0. The van der Waals surface area contributed by atoms with Crippen molar-refractivity contribution >= 4 is 5.91 Å². The fourth-order valence-electron chi connectivity index (χ4n) is 2.81. The van der Waals surface area contributed by atoms with Crippen molar-refractivity contribution in [3.8, 4) is 0 Å². The second kappa shape index (κ2) is 5.53. The average molecular weight is 272 g/mol. The number of hydrogen-bond acceptors (Lipinski definition) is 2. The van der Waals surface area contributed by atoms with Crippen molar-refractivity contribution in [1.82, 2.24) is 20.1 Å². The molecule has 2 heterocycles. The summed E-state index contributed by atoms with van der Waals surface area (Å²) < 4.78 is 2.05. The van der Waals surface area contributed by atoms with Gasteiger partial charge in [0.2, 0.25) is 0 Å². The summed E-state index contributed by atoms with van der Waals surface area (Å²) in [5, 5.41) is 7.47. The molecular formula is C15H20N4O. The lowest BCUT2D eigenvalue weighted by molar-refractivity contribution is 0.0950. The van der Waals surface area contributed by atoms with Gasteiger partial charge in [0.05, 0.1) is 23.8 Å². The fourth-order valence-corrected chi connectivity index (χ4v) is 2.81. The van der Waals surface area contributed by atoms with Crippen molar-refractivity contribution < 1.29 is 4.79 Å². The first-order chi connectivity index (χ1) is 9.74. The molecule has 1 aliphatic rings. The highest BCUT2D eigenvalue weighted by atomic mass is 16.1. The Kier molecular flexibility index (Phi) is 3.58. The van der Waals surface area contributed by atoms with Crippen LogP contribution in [-0.4, -0.2) is 20.7 Å². The zero-order valence-electron chi connectivity index (χ0n) is 11.7. The number of aromatic nitrogens is 3. The summed E-state index contributed by atoms with van der Waals surface area (Å²) >= 11 is 0. The van der Waals surface area contributed by atoms with E-state index in [1.54, 1.807) is 12.3 Å². The van der Waals surface area contributed by atoms with Gasteiger partial charge in [0.25, 0.3) is 5.91 Å². The number of nitrogens with one attached hydrogen (secondary N) is 2. The molecule has 1 aliphatic carbocycles. The molecule has 5 heteroatoms. The summed E-state index contributed by atoms with van der Waals surface area (Å²) in [4.78, 5) is 15.0. The number of hydrogen-bond donors (Lipinski definition) is 2. The van der Waals surface area contributed by atoms with E-state index in [0.717, 1.165) is 11.4 Å². The number of H-pyrrole nitrogens is 1. The van der Waals surface area contributed by atoms with E-state index in [4.69, 9.17) is 0 Å². The Morgan fingerprint density at radius 1 is 1.45 bits per heavy atom. The normalized spacial score (nSPS) is 15.7. The first-order valence-corrected chi connectivity index (χ1v) is 7.20. The van der Waals surface area contributed by atoms with Crippen molar-refractivity contribution in [3.05, 3.63) is 41.5 Å². The molecular weight excluding hydrogens is 252 g/mol. The van der Waals surface area contributed by atoms with Crippen LogP contribution in [0.1, 0.15) is 53.5 Å². The zero-order valence-corrected chi connectivity index (χ0v) is 11.7. The third kappa shape index (κ3) is 2.61. The first-order valence-electron chi connectivity index (χ1n) is 7.20. The van der Waals surface area contributed by atoms with Gasteiger partial charge in [-0.25, -0.2) is 0 Å². The van der Waals surface area contributed by atoms with Crippen LogP contribution in [0.5, 0.6) is 0 Å². The van der Waals surface area contributed by atoms with E-state index in [2.05, 4.69) is 20.1 Å². The lowest BCUT2D eigenvalue weighted by Gasteiger charge is -2.09. The smallest absolute Gasteiger partial charge is 0.253 e. The van der Waals surface area contributed by atoms with E-state index < -0.39 is 0 Å². The Morgan fingerprint density at radius 3 is 2.95 bits per heavy atom. The molecule has 0 aromatic carbocycles. The van der Waals surface area contributed by atoms with E-state index in [9.17, 15) is 4.79 Å². The minimum absolute atomic E-state index is 0.0563. The maximum absolute atomic E-state index is 12.0. The zero-order chi connectivity index (χ0) is 13.9. The predicted molar refractivity (Wildman–Crippen MR) is 76.4 cm³/mol. The molecule has 0 aliphatic heterocycles. The summed E-state index contributed by atoms with van der Waals surface area (Å²) in [5.74, 6) is -0.0563. The third-order valence-corrected chi connectivity index (χ3v) is 3.99. The molecule has 20 heavy (non-hydrogen) atoms. The largest absolute Gasteiger partial charge is 0.365 e. The molecule has 0 spiro atoms. The molecule has 0 atom stereocenters. The van der Waals surface area contributed by atoms with Crippen molar-refractivity contribution in [2.45, 2.75) is 45.2 Å². The number of nitrogens with zero attached hydrogens (tertiary/aromatic N) is 2. The molecule has 0 radical (unpaired) electrons. The SMILES string of the molecule is Cc1[nH]ccc1C(=O)NCc1ccn(C2CCCC2)n1. The summed E-state index contributed by atoms with van der Waals surface area (Å²) in [5.41, 5.74) is 2.50. The van der Waals surface area contributed by atoms with Gasteiger partial charge in [0.15, 0.2) is 0 Å². The number of amides is 1. The highest BCUT2D eigenvalue weighted by Gasteiger charge is 2.17. The first kappa shape index (κ1) is 13.0. The van der Waals surface area contributed by atoms with Crippen LogP contribution in [0.2, 0.25) is 0 Å². The standard InChI is InChI=1S/C15H20N4O/c1-11-14(6-8-16-11)15(20)17-10-12-7-9-19(18-12)13-4-2-3-5-13/h6-9,13,16H,2-5,10H2,1H3,(H,17,20). The van der Waals surface area contributed by atoms with Gasteiger partial charge in [-0.05, 0) is 31.9 Å². The Morgan fingerprint density at radius 2 is 2.25 bits per heavy atom. The van der Waals surface area contributed by atoms with Crippen molar-refractivity contribution in [1.29, 1.82) is 0 Å². The molecule has 1 saturated carbocycles. The third-order valence-electron chi connectivity index (χ3n) is 3.99. The van der Waals surface area contributed by atoms with Gasteiger partial charge in [-0.3, -0.25) is 9.48 Å². The Hall–Kier alpha value is -2.04. The van der Waals surface area contributed by atoms with E-state index >= 15 is 0 Å². The number of rotatable bonds is 4. The average Bonchev–Trinajstić information content (AvgIpc) is 3.16. The number of aromatic amines is 1. The second-order valence-corrected chi connectivity index (χ2v) is 5.42. The van der Waals surface area contributed by atoms with Crippen LogP contribution < -0.4 is 5.32 Å². The monoisotopic (exact) mass is 272 g/mol. The maximum Gasteiger partial charge on any atom is 0.253 e.